The summed E-state index contributed by atoms with van der Waals surface area (Å²) in [5, 5.41) is 9.90. The SMILES string of the molecule is CCOC(=O)C(C)(C(N)=O)N1CC=Cc2cccc(S(=O)(=O)Nc3ccc4c(c3)cc(Cc3ccc(C#N)cc3)n4C)c21. The van der Waals surface area contributed by atoms with E-state index < -0.39 is 27.4 Å². The van der Waals surface area contributed by atoms with Gasteiger partial charge >= 0.3 is 5.97 Å². The normalized spacial score (nSPS) is 14.0. The number of ether oxygens (including phenoxy) is 1. The maximum atomic E-state index is 13.9. The van der Waals surface area contributed by atoms with Crippen LogP contribution in [-0.2, 0) is 37.8 Å². The molecule has 0 saturated heterocycles. The molecule has 1 atom stereocenters. The van der Waals surface area contributed by atoms with Crippen molar-refractivity contribution in [2.45, 2.75) is 30.7 Å². The lowest BCUT2D eigenvalue weighted by atomic mass is 9.94. The highest BCUT2D eigenvalue weighted by molar-refractivity contribution is 7.92. The summed E-state index contributed by atoms with van der Waals surface area (Å²) in [4.78, 5) is 26.9. The number of rotatable bonds is 9. The van der Waals surface area contributed by atoms with Crippen LogP contribution in [0.2, 0.25) is 0 Å². The number of sulfonamides is 1. The number of carbonyl (C=O) groups excluding carboxylic acids is 2. The number of amides is 1. The number of benzene rings is 3. The van der Waals surface area contributed by atoms with Crippen molar-refractivity contribution < 1.29 is 22.7 Å². The molecule has 3 N–H and O–H groups in total. The van der Waals surface area contributed by atoms with Crippen LogP contribution < -0.4 is 15.4 Å². The quantitative estimate of drug-likeness (QED) is 0.218. The van der Waals surface area contributed by atoms with Crippen molar-refractivity contribution in [2.75, 3.05) is 22.8 Å². The van der Waals surface area contributed by atoms with Crippen LogP contribution in [0, 0.1) is 11.3 Å². The van der Waals surface area contributed by atoms with Gasteiger partial charge in [-0.05, 0) is 67.4 Å². The number of nitriles is 1. The van der Waals surface area contributed by atoms with Crippen LogP contribution in [-0.4, -0.2) is 43.6 Å². The van der Waals surface area contributed by atoms with Crippen LogP contribution >= 0.6 is 0 Å². The summed E-state index contributed by atoms with van der Waals surface area (Å²) in [6, 6.07) is 21.5. The minimum Gasteiger partial charge on any atom is -0.464 e. The molecule has 1 unspecified atom stereocenters. The highest BCUT2D eigenvalue weighted by atomic mass is 32.2. The molecule has 1 aromatic heterocycles. The van der Waals surface area contributed by atoms with E-state index in [1.165, 1.54) is 17.9 Å². The number of nitrogens with two attached hydrogens (primary N) is 1. The van der Waals surface area contributed by atoms with Crippen molar-refractivity contribution in [2.24, 2.45) is 12.8 Å². The highest BCUT2D eigenvalue weighted by Crippen LogP contribution is 2.39. The standard InChI is InChI=1S/C32H31N5O5S/c1-4-42-31(39)32(2,30(34)38)37-16-6-8-23-7-5-9-28(29(23)37)43(40,41)35-25-14-15-27-24(18-25)19-26(36(27)3)17-21-10-12-22(20-33)13-11-21/h5-15,18-19,35H,4,16-17H2,1-3H3,(H2,34,38). The van der Waals surface area contributed by atoms with Crippen LogP contribution in [0.15, 0.2) is 77.7 Å². The van der Waals surface area contributed by atoms with Crippen molar-refractivity contribution in [1.82, 2.24) is 4.57 Å². The van der Waals surface area contributed by atoms with Crippen molar-refractivity contribution in [3.63, 3.8) is 0 Å². The van der Waals surface area contributed by atoms with Gasteiger partial charge in [-0.25, -0.2) is 13.2 Å². The first-order chi connectivity index (χ1) is 20.5. The molecule has 0 bridgehead atoms. The van der Waals surface area contributed by atoms with Gasteiger partial charge < -0.3 is 19.9 Å². The minimum absolute atomic E-state index is 0.0247. The molecule has 3 aromatic carbocycles. The Balaban J connectivity index is 1.50. The third-order valence-electron chi connectivity index (χ3n) is 7.73. The largest absolute Gasteiger partial charge is 0.464 e. The topological polar surface area (TPSA) is 148 Å². The number of fused-ring (bicyclic) bond motifs is 2. The smallest absolute Gasteiger partial charge is 0.341 e. The van der Waals surface area contributed by atoms with Crippen molar-refractivity contribution >= 4 is 50.3 Å². The fourth-order valence-electron chi connectivity index (χ4n) is 5.33. The molecule has 0 aliphatic carbocycles. The minimum atomic E-state index is -4.20. The molecular weight excluding hydrogens is 566 g/mol. The predicted octanol–water partition coefficient (Wildman–Crippen LogP) is 4.08. The average molecular weight is 598 g/mol. The van der Waals surface area contributed by atoms with Gasteiger partial charge in [0.2, 0.25) is 5.54 Å². The Morgan fingerprint density at radius 3 is 2.53 bits per heavy atom. The summed E-state index contributed by atoms with van der Waals surface area (Å²) in [5.74, 6) is -1.83. The van der Waals surface area contributed by atoms with Crippen LogP contribution in [0.4, 0.5) is 11.4 Å². The number of carbonyl (C=O) groups is 2. The zero-order valence-electron chi connectivity index (χ0n) is 24.0. The Bertz CT molecular complexity index is 1920. The maximum absolute atomic E-state index is 13.9. The van der Waals surface area contributed by atoms with Gasteiger partial charge in [-0.1, -0.05) is 36.4 Å². The van der Waals surface area contributed by atoms with Crippen LogP contribution in [0.1, 0.15) is 36.2 Å². The molecule has 43 heavy (non-hydrogen) atoms. The van der Waals surface area contributed by atoms with E-state index in [0.717, 1.165) is 22.2 Å². The second-order valence-electron chi connectivity index (χ2n) is 10.4. The first kappa shape index (κ1) is 29.4. The lowest BCUT2D eigenvalue weighted by Crippen LogP contribution is -2.62. The second kappa shape index (κ2) is 11.3. The molecule has 1 amide bonds. The van der Waals surface area contributed by atoms with Crippen LogP contribution in [0.3, 0.4) is 0 Å². The summed E-state index contributed by atoms with van der Waals surface area (Å²) in [6.07, 6.45) is 4.10. The number of hydrogen-bond acceptors (Lipinski definition) is 7. The van der Waals surface area contributed by atoms with Crippen LogP contribution in [0.25, 0.3) is 17.0 Å². The number of esters is 1. The summed E-state index contributed by atoms with van der Waals surface area (Å²) in [6.45, 7) is 3.04. The number of para-hydroxylation sites is 1. The highest BCUT2D eigenvalue weighted by Gasteiger charge is 2.49. The molecule has 0 spiro atoms. The van der Waals surface area contributed by atoms with Gasteiger partial charge in [0.05, 0.1) is 23.9 Å². The summed E-state index contributed by atoms with van der Waals surface area (Å²) in [7, 11) is -2.25. The molecule has 0 radical (unpaired) electrons. The fourth-order valence-corrected chi connectivity index (χ4v) is 6.62. The Morgan fingerprint density at radius 1 is 1.12 bits per heavy atom. The number of anilines is 2. The first-order valence-electron chi connectivity index (χ1n) is 13.6. The van der Waals surface area contributed by atoms with Crippen molar-refractivity contribution in [3.05, 3.63) is 95.2 Å². The van der Waals surface area contributed by atoms with E-state index in [4.69, 9.17) is 15.7 Å². The molecule has 5 rings (SSSR count). The number of aryl methyl sites for hydroxylation is 1. The number of hydrogen-bond donors (Lipinski definition) is 2. The molecule has 10 nitrogen and oxygen atoms in total. The zero-order chi connectivity index (χ0) is 30.9. The molecule has 220 valence electrons. The summed E-state index contributed by atoms with van der Waals surface area (Å²) >= 11 is 0. The third kappa shape index (κ3) is 5.33. The molecule has 1 aliphatic heterocycles. The number of primary amides is 1. The van der Waals surface area contributed by atoms with Gasteiger partial charge in [0, 0.05) is 42.3 Å². The molecule has 11 heteroatoms. The first-order valence-corrected chi connectivity index (χ1v) is 15.1. The summed E-state index contributed by atoms with van der Waals surface area (Å²) in [5.41, 5.74) is 8.38. The lowest BCUT2D eigenvalue weighted by Gasteiger charge is -2.40. The molecular formula is C32H31N5O5S. The van der Waals surface area contributed by atoms with E-state index in [2.05, 4.69) is 10.8 Å². The Morgan fingerprint density at radius 2 is 1.86 bits per heavy atom. The van der Waals surface area contributed by atoms with Crippen molar-refractivity contribution in [1.29, 1.82) is 5.26 Å². The zero-order valence-corrected chi connectivity index (χ0v) is 24.8. The average Bonchev–Trinajstić information content (AvgIpc) is 3.29. The van der Waals surface area contributed by atoms with E-state index in [1.807, 2.05) is 35.9 Å². The molecule has 2 heterocycles. The summed E-state index contributed by atoms with van der Waals surface area (Å²) < 4.78 is 37.7. The van der Waals surface area contributed by atoms with Gasteiger partial charge in [-0.2, -0.15) is 5.26 Å². The number of aromatic nitrogens is 1. The van der Waals surface area contributed by atoms with E-state index in [9.17, 15) is 18.0 Å². The monoisotopic (exact) mass is 597 g/mol. The number of nitrogens with zero attached hydrogens (tertiary/aromatic N) is 3. The predicted molar refractivity (Wildman–Crippen MR) is 165 cm³/mol. The lowest BCUT2D eigenvalue weighted by molar-refractivity contribution is -0.152. The van der Waals surface area contributed by atoms with E-state index in [1.54, 1.807) is 55.5 Å². The van der Waals surface area contributed by atoms with Gasteiger partial charge in [0.15, 0.2) is 0 Å². The van der Waals surface area contributed by atoms with Gasteiger partial charge in [0.1, 0.15) is 4.90 Å². The number of nitrogens with one attached hydrogen (secondary N) is 1. The molecule has 0 fully saturated rings. The Kier molecular flexibility index (Phi) is 7.73. The van der Waals surface area contributed by atoms with Crippen molar-refractivity contribution in [3.8, 4) is 6.07 Å². The second-order valence-corrected chi connectivity index (χ2v) is 12.1. The van der Waals surface area contributed by atoms with E-state index in [-0.39, 0.29) is 23.7 Å². The molecule has 1 aliphatic rings. The van der Waals surface area contributed by atoms with E-state index in [0.29, 0.717) is 23.2 Å². The van der Waals surface area contributed by atoms with E-state index >= 15 is 0 Å². The van der Waals surface area contributed by atoms with Gasteiger partial charge in [-0.3, -0.25) is 9.52 Å². The Labute approximate surface area is 250 Å². The molecule has 0 saturated carbocycles. The molecule has 4 aromatic rings. The van der Waals surface area contributed by atoms with Gasteiger partial charge in [-0.15, -0.1) is 0 Å². The fraction of sp³-hybridized carbons (Fsp3) is 0.219. The van der Waals surface area contributed by atoms with Gasteiger partial charge in [0.25, 0.3) is 15.9 Å². The third-order valence-corrected chi connectivity index (χ3v) is 9.14. The Hall–Kier alpha value is -5.08. The maximum Gasteiger partial charge on any atom is 0.341 e. The van der Waals surface area contributed by atoms with Crippen LogP contribution in [0.5, 0.6) is 0 Å².